The van der Waals surface area contributed by atoms with Crippen molar-refractivity contribution in [3.8, 4) is 17.0 Å². The molecule has 1 fully saturated rings. The van der Waals surface area contributed by atoms with Crippen molar-refractivity contribution in [2.75, 3.05) is 13.1 Å². The van der Waals surface area contributed by atoms with Gasteiger partial charge in [0.05, 0.1) is 5.69 Å². The Morgan fingerprint density at radius 2 is 1.89 bits per heavy atom. The first-order valence-corrected chi connectivity index (χ1v) is 11.8. The summed E-state index contributed by atoms with van der Waals surface area (Å²) < 4.78 is 2.19. The van der Waals surface area contributed by atoms with Gasteiger partial charge in [-0.25, -0.2) is 4.79 Å². The fraction of sp³-hybridized carbons (Fsp3) is 0.296. The van der Waals surface area contributed by atoms with Crippen molar-refractivity contribution in [1.29, 1.82) is 0 Å². The molecule has 1 atom stereocenters. The van der Waals surface area contributed by atoms with Crippen LogP contribution in [0.15, 0.2) is 53.6 Å². The molecule has 5 rings (SSSR count). The van der Waals surface area contributed by atoms with E-state index in [-0.39, 0.29) is 24.8 Å². The van der Waals surface area contributed by atoms with E-state index in [1.54, 1.807) is 0 Å². The van der Waals surface area contributed by atoms with Crippen LogP contribution in [0.4, 0.5) is 0 Å². The van der Waals surface area contributed by atoms with Crippen LogP contribution in [0.5, 0.6) is 5.75 Å². The van der Waals surface area contributed by atoms with Crippen LogP contribution < -0.4 is 5.56 Å². The predicted molar refractivity (Wildman–Crippen MR) is 148 cm³/mol. The summed E-state index contributed by atoms with van der Waals surface area (Å²) in [6.07, 6.45) is 5.21. The molecule has 1 aliphatic rings. The first kappa shape index (κ1) is 28.2. The lowest BCUT2D eigenvalue weighted by Gasteiger charge is -2.17. The second kappa shape index (κ2) is 11.4. The monoisotopic (exact) mass is 544 g/mol. The third-order valence-corrected chi connectivity index (χ3v) is 7.12. The van der Waals surface area contributed by atoms with Crippen LogP contribution in [-0.2, 0) is 20.0 Å². The highest BCUT2D eigenvalue weighted by molar-refractivity contribution is 5.92. The Morgan fingerprint density at radius 1 is 1.16 bits per heavy atom. The van der Waals surface area contributed by atoms with E-state index in [1.165, 1.54) is 11.3 Å². The molecule has 1 aliphatic heterocycles. The molecule has 0 radical (unpaired) electrons. The number of pyridine rings is 2. The molecule has 0 bridgehead atoms. The lowest BCUT2D eigenvalue weighted by Crippen LogP contribution is -2.21. The minimum atomic E-state index is -1.44. The number of nitrogens with zero attached hydrogens (tertiary/aromatic N) is 3. The van der Waals surface area contributed by atoms with Gasteiger partial charge < -0.3 is 19.8 Å². The summed E-state index contributed by atoms with van der Waals surface area (Å²) in [4.78, 5) is 33.1. The number of fused-ring (bicyclic) bond motifs is 1. The van der Waals surface area contributed by atoms with E-state index in [0.717, 1.165) is 42.5 Å². The standard InChI is InChI=1S/C27H28N4O4.2ClH/c1-3-21-24(29-26(33)23(25(21)32)27(34)35)17-4-5-22-19(12-17)13-20(30(22)2)15-31-11-8-18(14-31)16-6-9-28-10-7-16;;/h4-7,9-10,12-13,18H,3,8,11,14-15H2,1-2H3,(H,34,35)(H2,29,32,33);2*1H. The van der Waals surface area contributed by atoms with E-state index in [0.29, 0.717) is 23.6 Å². The van der Waals surface area contributed by atoms with Gasteiger partial charge in [-0.1, -0.05) is 13.0 Å². The van der Waals surface area contributed by atoms with Gasteiger partial charge in [-0.05, 0) is 66.8 Å². The van der Waals surface area contributed by atoms with Crippen molar-refractivity contribution < 1.29 is 15.0 Å². The summed E-state index contributed by atoms with van der Waals surface area (Å²) in [6, 6.07) is 12.2. The van der Waals surface area contributed by atoms with E-state index in [9.17, 15) is 19.8 Å². The Morgan fingerprint density at radius 3 is 2.57 bits per heavy atom. The number of hydrogen-bond acceptors (Lipinski definition) is 5. The van der Waals surface area contributed by atoms with Gasteiger partial charge in [0.15, 0.2) is 5.56 Å². The lowest BCUT2D eigenvalue weighted by atomic mass is 9.99. The lowest BCUT2D eigenvalue weighted by molar-refractivity contribution is 0.0691. The van der Waals surface area contributed by atoms with Crippen molar-refractivity contribution in [3.63, 3.8) is 0 Å². The van der Waals surface area contributed by atoms with Gasteiger partial charge in [-0.2, -0.15) is 0 Å². The number of rotatable bonds is 6. The van der Waals surface area contributed by atoms with Crippen molar-refractivity contribution in [2.24, 2.45) is 7.05 Å². The van der Waals surface area contributed by atoms with Gasteiger partial charge in [0.2, 0.25) is 0 Å². The first-order valence-electron chi connectivity index (χ1n) is 11.8. The molecule has 1 unspecified atom stereocenters. The number of likely N-dealkylation sites (tertiary alicyclic amines) is 1. The smallest absolute Gasteiger partial charge is 0.345 e. The molecule has 0 saturated carbocycles. The highest BCUT2D eigenvalue weighted by Crippen LogP contribution is 2.33. The quantitative estimate of drug-likeness (QED) is 0.323. The molecule has 196 valence electrons. The van der Waals surface area contributed by atoms with Gasteiger partial charge in [-0.3, -0.25) is 14.7 Å². The number of carbonyl (C=O) groups is 1. The number of aromatic nitrogens is 3. The van der Waals surface area contributed by atoms with Crippen LogP contribution in [0, 0.1) is 0 Å². The molecule has 3 aromatic heterocycles. The summed E-state index contributed by atoms with van der Waals surface area (Å²) >= 11 is 0. The average Bonchev–Trinajstić information content (AvgIpc) is 3.43. The van der Waals surface area contributed by atoms with Crippen molar-refractivity contribution in [2.45, 2.75) is 32.2 Å². The van der Waals surface area contributed by atoms with Crippen molar-refractivity contribution in [3.05, 3.63) is 81.5 Å². The summed E-state index contributed by atoms with van der Waals surface area (Å²) in [6.45, 7) is 4.70. The molecule has 0 aliphatic carbocycles. The Labute approximate surface area is 226 Å². The second-order valence-electron chi connectivity index (χ2n) is 9.16. The predicted octanol–water partition coefficient (Wildman–Crippen LogP) is 4.73. The van der Waals surface area contributed by atoms with Crippen molar-refractivity contribution >= 4 is 41.7 Å². The highest BCUT2D eigenvalue weighted by Gasteiger charge is 2.25. The maximum atomic E-state index is 12.4. The normalized spacial score (nSPS) is 15.4. The molecule has 4 heterocycles. The van der Waals surface area contributed by atoms with Gasteiger partial charge in [0.25, 0.3) is 5.56 Å². The Hall–Kier alpha value is -3.33. The summed E-state index contributed by atoms with van der Waals surface area (Å²) in [5.41, 5.74) is 3.76. The molecular weight excluding hydrogens is 515 g/mol. The number of halogens is 2. The number of aromatic amines is 1. The van der Waals surface area contributed by atoms with Crippen LogP contribution in [0.2, 0.25) is 0 Å². The van der Waals surface area contributed by atoms with E-state index >= 15 is 0 Å². The molecule has 8 nitrogen and oxygen atoms in total. The van der Waals surface area contributed by atoms with Gasteiger partial charge in [0, 0.05) is 54.7 Å². The number of aryl methyl sites for hydroxylation is 1. The van der Waals surface area contributed by atoms with Crippen LogP contribution >= 0.6 is 24.8 Å². The molecule has 1 saturated heterocycles. The first-order chi connectivity index (χ1) is 16.9. The zero-order valence-electron chi connectivity index (χ0n) is 20.6. The van der Waals surface area contributed by atoms with Gasteiger partial charge >= 0.3 is 5.97 Å². The number of H-pyrrole nitrogens is 1. The SMILES string of the molecule is CCc1c(-c2ccc3c(c2)cc(CN2CCC(c4ccncc4)C2)n3C)[nH]c(=O)c(C(=O)O)c1O.Cl.Cl. The third-order valence-electron chi connectivity index (χ3n) is 7.12. The Bertz CT molecular complexity index is 1480. The van der Waals surface area contributed by atoms with Crippen molar-refractivity contribution in [1.82, 2.24) is 19.4 Å². The fourth-order valence-electron chi connectivity index (χ4n) is 5.24. The number of nitrogens with one attached hydrogen (secondary N) is 1. The number of benzene rings is 1. The number of aromatic carboxylic acids is 1. The minimum absolute atomic E-state index is 0. The molecule has 10 heteroatoms. The van der Waals surface area contributed by atoms with Gasteiger partial charge in [0.1, 0.15) is 5.75 Å². The van der Waals surface area contributed by atoms with E-state index in [2.05, 4.69) is 44.7 Å². The van der Waals surface area contributed by atoms with E-state index in [1.807, 2.05) is 37.5 Å². The molecule has 1 aromatic carbocycles. The zero-order valence-corrected chi connectivity index (χ0v) is 22.2. The molecule has 3 N–H and O–H groups in total. The maximum absolute atomic E-state index is 12.4. The highest BCUT2D eigenvalue weighted by atomic mass is 35.5. The number of aromatic hydroxyl groups is 1. The zero-order chi connectivity index (χ0) is 24.7. The maximum Gasteiger partial charge on any atom is 0.345 e. The molecule has 0 spiro atoms. The topological polar surface area (TPSA) is 111 Å². The molecule has 37 heavy (non-hydrogen) atoms. The summed E-state index contributed by atoms with van der Waals surface area (Å²) in [7, 11) is 2.06. The summed E-state index contributed by atoms with van der Waals surface area (Å²) in [5.74, 6) is -1.39. The molecule has 0 amide bonds. The number of carboxylic acids is 1. The van der Waals surface area contributed by atoms with Crippen LogP contribution in [0.3, 0.4) is 0 Å². The largest absolute Gasteiger partial charge is 0.506 e. The Kier molecular flexibility index (Phi) is 8.68. The Balaban J connectivity index is 0.00000190. The van der Waals surface area contributed by atoms with E-state index < -0.39 is 22.8 Å². The van der Waals surface area contributed by atoms with Crippen LogP contribution in [-0.4, -0.2) is 48.7 Å². The minimum Gasteiger partial charge on any atom is -0.506 e. The molecular formula is C27H30Cl2N4O4. The number of carboxylic acid groups (broad SMARTS) is 1. The third kappa shape index (κ3) is 5.23. The van der Waals surface area contributed by atoms with E-state index in [4.69, 9.17) is 0 Å². The molecule has 4 aromatic rings. The second-order valence-corrected chi connectivity index (χ2v) is 9.16. The number of hydrogen-bond donors (Lipinski definition) is 3. The average molecular weight is 545 g/mol. The summed E-state index contributed by atoms with van der Waals surface area (Å²) in [5, 5.41) is 20.8. The van der Waals surface area contributed by atoms with Gasteiger partial charge in [-0.15, -0.1) is 24.8 Å². The fourth-order valence-corrected chi connectivity index (χ4v) is 5.24. The van der Waals surface area contributed by atoms with Crippen LogP contribution in [0.25, 0.3) is 22.2 Å². The van der Waals surface area contributed by atoms with Crippen LogP contribution in [0.1, 0.15) is 46.4 Å².